The van der Waals surface area contributed by atoms with Crippen LogP contribution in [0.3, 0.4) is 0 Å². The average Bonchev–Trinajstić information content (AvgIpc) is 3.75. The quantitative estimate of drug-likeness (QED) is 0.159. The van der Waals surface area contributed by atoms with Crippen LogP contribution < -0.4 is 0 Å². The van der Waals surface area contributed by atoms with E-state index in [0.717, 1.165) is 0 Å². The van der Waals surface area contributed by atoms with E-state index in [2.05, 4.69) is 196 Å². The molecule has 262 valence electrons. The number of rotatable bonds is 3. The summed E-state index contributed by atoms with van der Waals surface area (Å²) in [6.45, 7) is 4.88. The van der Waals surface area contributed by atoms with Crippen molar-refractivity contribution in [1.29, 1.82) is 0 Å². The van der Waals surface area contributed by atoms with E-state index in [1.165, 1.54) is 119 Å². The molecule has 1 aliphatic rings. The maximum absolute atomic E-state index is 2.53. The largest absolute Gasteiger partial charge is 0.134 e. The Balaban J connectivity index is 1.13. The zero-order valence-electron chi connectivity index (χ0n) is 31.2. The van der Waals surface area contributed by atoms with Crippen molar-refractivity contribution in [2.24, 2.45) is 0 Å². The molecule has 11 aromatic rings. The van der Waals surface area contributed by atoms with Crippen LogP contribution in [0.25, 0.3) is 108 Å². The fourth-order valence-corrected chi connectivity index (χ4v) is 11.5. The number of hydrogen-bond acceptors (Lipinski definition) is 1. The Labute approximate surface area is 329 Å². The second-order valence-electron chi connectivity index (χ2n) is 15.9. The van der Waals surface area contributed by atoms with Crippen LogP contribution in [0, 0.1) is 0 Å². The minimum absolute atomic E-state index is 0.185. The van der Waals surface area contributed by atoms with Crippen molar-refractivity contribution in [3.63, 3.8) is 0 Å². The van der Waals surface area contributed by atoms with Crippen molar-refractivity contribution in [3.05, 3.63) is 193 Å². The summed E-state index contributed by atoms with van der Waals surface area (Å²) in [6, 6.07) is 67.9. The molecule has 1 aromatic heterocycles. The molecule has 1 aliphatic carbocycles. The van der Waals surface area contributed by atoms with Crippen LogP contribution in [-0.2, 0) is 5.41 Å². The zero-order valence-corrected chi connectivity index (χ0v) is 32.0. The van der Waals surface area contributed by atoms with Gasteiger partial charge in [-0.25, -0.2) is 0 Å². The lowest BCUT2D eigenvalue weighted by molar-refractivity contribution is 0.667. The Morgan fingerprint density at radius 1 is 0.357 bits per heavy atom. The molecule has 10 aromatic carbocycles. The highest BCUT2D eigenvalue weighted by Crippen LogP contribution is 2.58. The molecule has 1 heterocycles. The van der Waals surface area contributed by atoms with Crippen molar-refractivity contribution >= 4 is 74.6 Å². The first kappa shape index (κ1) is 31.8. The van der Waals surface area contributed by atoms with Crippen LogP contribution in [0.1, 0.15) is 25.0 Å². The highest BCUT2D eigenvalue weighted by atomic mass is 32.1. The van der Waals surface area contributed by atoms with Gasteiger partial charge in [0.1, 0.15) is 0 Å². The SMILES string of the molecule is CC1(C)c2cc(-c3c4ccccc4c(-c4ccc(-c5ccccc5)c5ccccc45)c4ccccc34)ccc2-c2c1c1ccccc1c1c2sc2ccccc21. The summed E-state index contributed by atoms with van der Waals surface area (Å²) in [5, 5.41) is 13.1. The molecule has 0 saturated heterocycles. The van der Waals surface area contributed by atoms with Crippen molar-refractivity contribution in [3.8, 4) is 44.5 Å². The van der Waals surface area contributed by atoms with Gasteiger partial charge >= 0.3 is 0 Å². The summed E-state index contributed by atoms with van der Waals surface area (Å²) in [7, 11) is 0. The number of hydrogen-bond donors (Lipinski definition) is 0. The maximum Gasteiger partial charge on any atom is 0.0443 e. The van der Waals surface area contributed by atoms with E-state index in [1.807, 2.05) is 11.3 Å². The molecular weight excluding hydrogens is 693 g/mol. The predicted molar refractivity (Wildman–Crippen MR) is 243 cm³/mol. The molecule has 0 bridgehead atoms. The molecule has 0 amide bonds. The Morgan fingerprint density at radius 2 is 0.857 bits per heavy atom. The van der Waals surface area contributed by atoms with Crippen LogP contribution >= 0.6 is 11.3 Å². The van der Waals surface area contributed by atoms with Gasteiger partial charge in [0.2, 0.25) is 0 Å². The molecule has 56 heavy (non-hydrogen) atoms. The Bertz CT molecular complexity index is 3380. The fraction of sp³-hybridized carbons (Fsp3) is 0.0545. The molecular formula is C55H36S. The Morgan fingerprint density at radius 3 is 1.54 bits per heavy atom. The van der Waals surface area contributed by atoms with Crippen molar-refractivity contribution < 1.29 is 0 Å². The normalized spacial score (nSPS) is 13.3. The topological polar surface area (TPSA) is 0 Å². The fourth-order valence-electron chi connectivity index (χ4n) is 10.2. The van der Waals surface area contributed by atoms with Crippen LogP contribution in [0.15, 0.2) is 182 Å². The van der Waals surface area contributed by atoms with Crippen molar-refractivity contribution in [2.45, 2.75) is 19.3 Å². The minimum Gasteiger partial charge on any atom is -0.134 e. The minimum atomic E-state index is -0.185. The van der Waals surface area contributed by atoms with E-state index in [4.69, 9.17) is 0 Å². The van der Waals surface area contributed by atoms with E-state index in [9.17, 15) is 0 Å². The standard InChI is InChI=1S/C55H36S/c1-55(2)47-32-34(28-29-45(47)52-53(55)44-25-13-12-24-42(44)51-46-26-14-15-27-48(46)56-54(51)52)49-38-20-8-10-22-40(38)50(41-23-11-9-21-39(41)49)43-31-30-35(33-16-4-3-5-17-33)36-18-6-7-19-37(36)43/h3-32H,1-2H3. The lowest BCUT2D eigenvalue weighted by Crippen LogP contribution is -2.15. The molecule has 0 nitrogen and oxygen atoms in total. The molecule has 0 fully saturated rings. The summed E-state index contributed by atoms with van der Waals surface area (Å²) < 4.78 is 2.76. The third-order valence-corrected chi connectivity index (χ3v) is 13.8. The summed E-state index contributed by atoms with van der Waals surface area (Å²) in [5.41, 5.74) is 13.1. The van der Waals surface area contributed by atoms with Crippen LogP contribution in [0.5, 0.6) is 0 Å². The van der Waals surface area contributed by atoms with Gasteiger partial charge in [0.15, 0.2) is 0 Å². The first-order valence-corrected chi connectivity index (χ1v) is 20.4. The average molecular weight is 729 g/mol. The Hall–Kier alpha value is -6.54. The highest BCUT2D eigenvalue weighted by Gasteiger charge is 2.39. The lowest BCUT2D eigenvalue weighted by Gasteiger charge is -2.24. The van der Waals surface area contributed by atoms with Gasteiger partial charge in [-0.15, -0.1) is 11.3 Å². The molecule has 0 radical (unpaired) electrons. The number of fused-ring (bicyclic) bond motifs is 13. The first-order valence-electron chi connectivity index (χ1n) is 19.6. The summed E-state index contributed by atoms with van der Waals surface area (Å²) in [5.74, 6) is 0. The predicted octanol–water partition coefficient (Wildman–Crippen LogP) is 16.0. The van der Waals surface area contributed by atoms with Crippen LogP contribution in [0.4, 0.5) is 0 Å². The Kier molecular flexibility index (Phi) is 6.66. The maximum atomic E-state index is 2.53. The van der Waals surface area contributed by atoms with E-state index in [0.29, 0.717) is 0 Å². The third kappa shape index (κ3) is 4.29. The van der Waals surface area contributed by atoms with Gasteiger partial charge in [-0.1, -0.05) is 184 Å². The second kappa shape index (κ2) is 11.7. The third-order valence-electron chi connectivity index (χ3n) is 12.6. The molecule has 0 aliphatic heterocycles. The van der Waals surface area contributed by atoms with Gasteiger partial charge in [0.05, 0.1) is 0 Å². The molecule has 0 saturated carbocycles. The summed E-state index contributed by atoms with van der Waals surface area (Å²) in [4.78, 5) is 0. The van der Waals surface area contributed by atoms with E-state index < -0.39 is 0 Å². The molecule has 0 N–H and O–H groups in total. The van der Waals surface area contributed by atoms with Gasteiger partial charge in [-0.3, -0.25) is 0 Å². The number of thiophene rings is 1. The van der Waals surface area contributed by atoms with E-state index in [-0.39, 0.29) is 5.41 Å². The molecule has 1 heteroatoms. The number of benzene rings is 10. The summed E-state index contributed by atoms with van der Waals surface area (Å²) in [6.07, 6.45) is 0. The van der Waals surface area contributed by atoms with Gasteiger partial charge in [0.25, 0.3) is 0 Å². The molecule has 0 spiro atoms. The molecule has 0 atom stereocenters. The second-order valence-corrected chi connectivity index (χ2v) is 16.9. The first-order chi connectivity index (χ1) is 27.6. The van der Waals surface area contributed by atoms with E-state index in [1.54, 1.807) is 0 Å². The van der Waals surface area contributed by atoms with Gasteiger partial charge in [-0.2, -0.15) is 0 Å². The lowest BCUT2D eigenvalue weighted by atomic mass is 9.78. The van der Waals surface area contributed by atoms with Gasteiger partial charge in [-0.05, 0) is 105 Å². The monoisotopic (exact) mass is 728 g/mol. The van der Waals surface area contributed by atoms with E-state index >= 15 is 0 Å². The van der Waals surface area contributed by atoms with Crippen molar-refractivity contribution in [1.82, 2.24) is 0 Å². The zero-order chi connectivity index (χ0) is 37.1. The molecule has 12 rings (SSSR count). The molecule has 0 unspecified atom stereocenters. The van der Waals surface area contributed by atoms with Gasteiger partial charge in [0, 0.05) is 31.2 Å². The van der Waals surface area contributed by atoms with Crippen molar-refractivity contribution in [2.75, 3.05) is 0 Å². The smallest absolute Gasteiger partial charge is 0.0443 e. The van der Waals surface area contributed by atoms with Crippen LogP contribution in [0.2, 0.25) is 0 Å². The summed E-state index contributed by atoms with van der Waals surface area (Å²) >= 11 is 1.95. The van der Waals surface area contributed by atoms with Gasteiger partial charge < -0.3 is 0 Å². The highest BCUT2D eigenvalue weighted by molar-refractivity contribution is 7.26. The van der Waals surface area contributed by atoms with Crippen LogP contribution in [-0.4, -0.2) is 0 Å².